The molecular weight excluding hydrogens is 404 g/mol. The predicted molar refractivity (Wildman–Crippen MR) is 117 cm³/mol. The van der Waals surface area contributed by atoms with Gasteiger partial charge in [0.1, 0.15) is 5.01 Å². The molecule has 0 radical (unpaired) electrons. The molecule has 2 aromatic heterocycles. The van der Waals surface area contributed by atoms with E-state index < -0.39 is 0 Å². The maximum absolute atomic E-state index is 12.4. The van der Waals surface area contributed by atoms with Crippen LogP contribution in [0.1, 0.15) is 52.4 Å². The molecule has 0 aliphatic rings. The Labute approximate surface area is 178 Å². The normalized spacial score (nSPS) is 12.0. The molecule has 3 rings (SSSR count). The van der Waals surface area contributed by atoms with E-state index in [2.05, 4.69) is 40.7 Å². The van der Waals surface area contributed by atoms with E-state index in [1.165, 1.54) is 16.2 Å². The zero-order valence-electron chi connectivity index (χ0n) is 16.4. The second-order valence-corrected chi connectivity index (χ2v) is 9.02. The van der Waals surface area contributed by atoms with Crippen molar-refractivity contribution in [2.45, 2.75) is 39.2 Å². The van der Waals surface area contributed by atoms with Crippen molar-refractivity contribution in [3.63, 3.8) is 0 Å². The van der Waals surface area contributed by atoms with Gasteiger partial charge in [0.2, 0.25) is 10.9 Å². The fourth-order valence-electron chi connectivity index (χ4n) is 2.83. The minimum absolute atomic E-state index is 0.0312. The SMILES string of the molecule is CC(C)[C@@H](NC(=O)CCCc1nnc(C(=O)Nc2ccccc2)s1)c1cccs1. The van der Waals surface area contributed by atoms with Crippen LogP contribution in [0.25, 0.3) is 0 Å². The van der Waals surface area contributed by atoms with E-state index in [0.717, 1.165) is 10.7 Å². The van der Waals surface area contributed by atoms with Gasteiger partial charge in [-0.05, 0) is 35.9 Å². The molecular formula is C21H24N4O2S2. The highest BCUT2D eigenvalue weighted by atomic mass is 32.1. The fourth-order valence-corrected chi connectivity index (χ4v) is 4.56. The third-order valence-corrected chi connectivity index (χ3v) is 6.26. The number of nitrogens with zero attached hydrogens (tertiary/aromatic N) is 2. The number of anilines is 1. The summed E-state index contributed by atoms with van der Waals surface area (Å²) in [7, 11) is 0. The molecule has 29 heavy (non-hydrogen) atoms. The lowest BCUT2D eigenvalue weighted by atomic mass is 10.0. The Balaban J connectivity index is 1.46. The van der Waals surface area contributed by atoms with Crippen LogP contribution in [0.15, 0.2) is 47.8 Å². The summed E-state index contributed by atoms with van der Waals surface area (Å²) in [6, 6.07) is 13.3. The van der Waals surface area contributed by atoms with Crippen LogP contribution in [-0.2, 0) is 11.2 Å². The Morgan fingerprint density at radius 2 is 1.86 bits per heavy atom. The molecule has 0 aliphatic heterocycles. The topological polar surface area (TPSA) is 84.0 Å². The number of amides is 2. The minimum atomic E-state index is -0.270. The molecule has 1 atom stereocenters. The molecule has 6 nitrogen and oxygen atoms in total. The molecule has 0 bridgehead atoms. The smallest absolute Gasteiger partial charge is 0.286 e. The van der Waals surface area contributed by atoms with Crippen molar-refractivity contribution < 1.29 is 9.59 Å². The highest BCUT2D eigenvalue weighted by molar-refractivity contribution is 7.13. The van der Waals surface area contributed by atoms with E-state index >= 15 is 0 Å². The minimum Gasteiger partial charge on any atom is -0.348 e. The third kappa shape index (κ3) is 6.20. The Bertz CT molecular complexity index is 923. The van der Waals surface area contributed by atoms with Crippen molar-refractivity contribution >= 4 is 40.2 Å². The first kappa shape index (κ1) is 21.1. The quantitative estimate of drug-likeness (QED) is 0.518. The van der Waals surface area contributed by atoms with Crippen molar-refractivity contribution in [1.82, 2.24) is 15.5 Å². The van der Waals surface area contributed by atoms with Crippen LogP contribution in [0.3, 0.4) is 0 Å². The van der Waals surface area contributed by atoms with E-state index in [0.29, 0.717) is 30.2 Å². The molecule has 3 aromatic rings. The van der Waals surface area contributed by atoms with Crippen molar-refractivity contribution in [3.05, 3.63) is 62.7 Å². The lowest BCUT2D eigenvalue weighted by Crippen LogP contribution is -2.31. The summed E-state index contributed by atoms with van der Waals surface area (Å²) >= 11 is 2.92. The number of rotatable bonds is 9. The van der Waals surface area contributed by atoms with Gasteiger partial charge in [-0.15, -0.1) is 21.5 Å². The van der Waals surface area contributed by atoms with Crippen LogP contribution in [0.5, 0.6) is 0 Å². The zero-order chi connectivity index (χ0) is 20.6. The summed E-state index contributed by atoms with van der Waals surface area (Å²) in [5, 5.41) is 17.1. The number of para-hydroxylation sites is 1. The van der Waals surface area contributed by atoms with Gasteiger partial charge in [-0.2, -0.15) is 0 Å². The van der Waals surface area contributed by atoms with Gasteiger partial charge in [-0.25, -0.2) is 0 Å². The second-order valence-electron chi connectivity index (χ2n) is 6.98. The standard InChI is InChI=1S/C21H24N4O2S2/c1-14(2)19(16-10-7-13-28-16)23-17(26)11-6-12-18-24-25-21(29-18)20(27)22-15-8-4-3-5-9-15/h3-5,7-10,13-14,19H,6,11-12H2,1-2H3,(H,22,27)(H,23,26)/t19-/m1/s1. The van der Waals surface area contributed by atoms with Crippen LogP contribution in [0.2, 0.25) is 0 Å². The second kappa shape index (κ2) is 10.3. The maximum Gasteiger partial charge on any atom is 0.286 e. The van der Waals surface area contributed by atoms with Gasteiger partial charge in [0.05, 0.1) is 6.04 Å². The maximum atomic E-state index is 12.4. The van der Waals surface area contributed by atoms with Crippen LogP contribution in [-0.4, -0.2) is 22.0 Å². The predicted octanol–water partition coefficient (Wildman–Crippen LogP) is 4.69. The number of hydrogen-bond acceptors (Lipinski definition) is 6. The van der Waals surface area contributed by atoms with E-state index in [-0.39, 0.29) is 17.9 Å². The van der Waals surface area contributed by atoms with E-state index in [4.69, 9.17) is 0 Å². The molecule has 2 heterocycles. The summed E-state index contributed by atoms with van der Waals surface area (Å²) in [6.07, 6.45) is 1.70. The highest BCUT2D eigenvalue weighted by Gasteiger charge is 2.19. The number of aromatic nitrogens is 2. The fraction of sp³-hybridized carbons (Fsp3) is 0.333. The summed E-state index contributed by atoms with van der Waals surface area (Å²) in [5.74, 6) is 0.0866. The number of benzene rings is 1. The number of carbonyl (C=O) groups excluding carboxylic acids is 2. The average Bonchev–Trinajstić information content (AvgIpc) is 3.39. The van der Waals surface area contributed by atoms with Crippen LogP contribution < -0.4 is 10.6 Å². The van der Waals surface area contributed by atoms with Crippen LogP contribution in [0.4, 0.5) is 5.69 Å². The van der Waals surface area contributed by atoms with Gasteiger partial charge < -0.3 is 10.6 Å². The van der Waals surface area contributed by atoms with Crippen molar-refractivity contribution in [3.8, 4) is 0 Å². The molecule has 152 valence electrons. The molecule has 8 heteroatoms. The van der Waals surface area contributed by atoms with Gasteiger partial charge >= 0.3 is 0 Å². The molecule has 0 saturated carbocycles. The summed E-state index contributed by atoms with van der Waals surface area (Å²) in [4.78, 5) is 25.8. The third-order valence-electron chi connectivity index (χ3n) is 4.32. The molecule has 0 saturated heterocycles. The largest absolute Gasteiger partial charge is 0.348 e. The summed E-state index contributed by atoms with van der Waals surface area (Å²) in [5.41, 5.74) is 0.719. The molecule has 1 aromatic carbocycles. The summed E-state index contributed by atoms with van der Waals surface area (Å²) < 4.78 is 0. The first-order valence-electron chi connectivity index (χ1n) is 9.54. The lowest BCUT2D eigenvalue weighted by Gasteiger charge is -2.21. The lowest BCUT2D eigenvalue weighted by molar-refractivity contribution is -0.122. The van der Waals surface area contributed by atoms with Gasteiger partial charge in [0.15, 0.2) is 0 Å². The Kier molecular flexibility index (Phi) is 7.48. The van der Waals surface area contributed by atoms with E-state index in [1.807, 2.05) is 41.8 Å². The van der Waals surface area contributed by atoms with E-state index in [1.54, 1.807) is 11.3 Å². The van der Waals surface area contributed by atoms with Crippen LogP contribution in [0, 0.1) is 5.92 Å². The van der Waals surface area contributed by atoms with Crippen molar-refractivity contribution in [1.29, 1.82) is 0 Å². The Morgan fingerprint density at radius 3 is 2.55 bits per heavy atom. The molecule has 2 amide bonds. The molecule has 0 fully saturated rings. The highest BCUT2D eigenvalue weighted by Crippen LogP contribution is 2.26. The molecule has 2 N–H and O–H groups in total. The average molecular weight is 429 g/mol. The monoisotopic (exact) mass is 428 g/mol. The van der Waals surface area contributed by atoms with Gasteiger partial charge in [-0.3, -0.25) is 9.59 Å². The first-order chi connectivity index (χ1) is 14.0. The Morgan fingerprint density at radius 1 is 1.07 bits per heavy atom. The number of aryl methyl sites for hydroxylation is 1. The number of nitrogens with one attached hydrogen (secondary N) is 2. The number of thiophene rings is 1. The number of hydrogen-bond donors (Lipinski definition) is 2. The Hall–Kier alpha value is -2.58. The zero-order valence-corrected chi connectivity index (χ0v) is 18.1. The van der Waals surface area contributed by atoms with Crippen molar-refractivity contribution in [2.75, 3.05) is 5.32 Å². The van der Waals surface area contributed by atoms with Gasteiger partial charge in [0, 0.05) is 23.4 Å². The molecule has 0 spiro atoms. The van der Waals surface area contributed by atoms with Gasteiger partial charge in [0.25, 0.3) is 5.91 Å². The van der Waals surface area contributed by atoms with E-state index in [9.17, 15) is 9.59 Å². The van der Waals surface area contributed by atoms with Crippen LogP contribution >= 0.6 is 22.7 Å². The van der Waals surface area contributed by atoms with Crippen molar-refractivity contribution in [2.24, 2.45) is 5.92 Å². The molecule has 0 unspecified atom stereocenters. The molecule has 0 aliphatic carbocycles. The number of carbonyl (C=O) groups is 2. The first-order valence-corrected chi connectivity index (χ1v) is 11.2. The van der Waals surface area contributed by atoms with Gasteiger partial charge in [-0.1, -0.05) is 49.4 Å². The summed E-state index contributed by atoms with van der Waals surface area (Å²) in [6.45, 7) is 4.21.